The molecule has 0 atom stereocenters. The lowest BCUT2D eigenvalue weighted by molar-refractivity contribution is 0.193. The Hall–Kier alpha value is -1.45. The maximum atomic E-state index is 4.51. The molecule has 1 aromatic carbocycles. The van der Waals surface area contributed by atoms with E-state index < -0.39 is 0 Å². The molecule has 0 spiro atoms. The first kappa shape index (κ1) is 14.5. The summed E-state index contributed by atoms with van der Waals surface area (Å²) in [5, 5.41) is 4.79. The minimum atomic E-state index is 0.901. The summed E-state index contributed by atoms with van der Waals surface area (Å²) in [6.45, 7) is 8.00. The van der Waals surface area contributed by atoms with Crippen molar-refractivity contribution in [2.24, 2.45) is 5.92 Å². The van der Waals surface area contributed by atoms with Crippen LogP contribution in [0.25, 0.3) is 10.9 Å². The largest absolute Gasteiger partial charge is 0.311 e. The Balaban J connectivity index is 1.48. The summed E-state index contributed by atoms with van der Waals surface area (Å²) < 4.78 is 0. The molecule has 0 aliphatic carbocycles. The van der Waals surface area contributed by atoms with E-state index in [9.17, 15) is 0 Å². The van der Waals surface area contributed by atoms with Crippen LogP contribution >= 0.6 is 0 Å². The van der Waals surface area contributed by atoms with Crippen molar-refractivity contribution in [2.75, 3.05) is 26.2 Å². The van der Waals surface area contributed by atoms with E-state index in [1.807, 2.05) is 12.3 Å². The highest BCUT2D eigenvalue weighted by Gasteiger charge is 2.14. The van der Waals surface area contributed by atoms with Crippen LogP contribution in [0.5, 0.6) is 0 Å². The van der Waals surface area contributed by atoms with Crippen LogP contribution in [0.4, 0.5) is 0 Å². The van der Waals surface area contributed by atoms with Crippen molar-refractivity contribution in [2.45, 2.75) is 26.3 Å². The van der Waals surface area contributed by atoms with Gasteiger partial charge in [0.05, 0.1) is 5.52 Å². The van der Waals surface area contributed by atoms with E-state index in [1.165, 1.54) is 36.9 Å². The molecule has 1 saturated heterocycles. The van der Waals surface area contributed by atoms with Gasteiger partial charge < -0.3 is 10.2 Å². The molecule has 112 valence electrons. The van der Waals surface area contributed by atoms with Gasteiger partial charge in [-0.2, -0.15) is 0 Å². The highest BCUT2D eigenvalue weighted by atomic mass is 15.1. The van der Waals surface area contributed by atoms with Crippen LogP contribution in [-0.4, -0.2) is 36.1 Å². The Kier molecular flexibility index (Phi) is 4.84. The molecule has 1 aromatic heterocycles. The Morgan fingerprint density at radius 2 is 2.00 bits per heavy atom. The highest BCUT2D eigenvalue weighted by molar-refractivity contribution is 5.81. The lowest BCUT2D eigenvalue weighted by atomic mass is 9.99. The number of hydrogen-bond donors (Lipinski definition) is 1. The van der Waals surface area contributed by atoms with Crippen molar-refractivity contribution >= 4 is 10.9 Å². The minimum Gasteiger partial charge on any atom is -0.311 e. The number of rotatable bonds is 5. The average molecular weight is 283 g/mol. The first-order chi connectivity index (χ1) is 10.3. The molecule has 2 aromatic rings. The predicted octanol–water partition coefficient (Wildman–Crippen LogP) is 3.06. The Morgan fingerprint density at radius 1 is 1.19 bits per heavy atom. The fraction of sp³-hybridized carbons (Fsp3) is 0.500. The normalized spacial score (nSPS) is 17.4. The molecule has 0 radical (unpaired) electrons. The van der Waals surface area contributed by atoms with Crippen LogP contribution < -0.4 is 5.32 Å². The molecule has 21 heavy (non-hydrogen) atoms. The topological polar surface area (TPSA) is 28.2 Å². The van der Waals surface area contributed by atoms with E-state index in [1.54, 1.807) is 0 Å². The van der Waals surface area contributed by atoms with Crippen LogP contribution in [0.1, 0.15) is 25.3 Å². The van der Waals surface area contributed by atoms with E-state index in [0.717, 1.165) is 31.1 Å². The number of piperidine rings is 1. The first-order valence-electron chi connectivity index (χ1n) is 8.08. The summed E-state index contributed by atoms with van der Waals surface area (Å²) in [7, 11) is 0. The van der Waals surface area contributed by atoms with Crippen LogP contribution in [0.15, 0.2) is 36.5 Å². The standard InChI is InChI=1S/C18H25N3/c1-15-7-11-21(12-8-15)13-10-19-14-17-5-2-4-16-6-3-9-20-18(16)17/h2-6,9,15,19H,7-8,10-14H2,1H3. The van der Waals surface area contributed by atoms with Gasteiger partial charge in [-0.15, -0.1) is 0 Å². The zero-order valence-corrected chi connectivity index (χ0v) is 12.9. The number of benzene rings is 1. The third-order valence-corrected chi connectivity index (χ3v) is 4.51. The van der Waals surface area contributed by atoms with Gasteiger partial charge in [0, 0.05) is 31.2 Å². The molecule has 3 heteroatoms. The van der Waals surface area contributed by atoms with Crippen molar-refractivity contribution in [1.82, 2.24) is 15.2 Å². The van der Waals surface area contributed by atoms with Gasteiger partial charge in [-0.3, -0.25) is 4.98 Å². The Morgan fingerprint density at radius 3 is 2.86 bits per heavy atom. The fourth-order valence-electron chi connectivity index (χ4n) is 3.06. The second kappa shape index (κ2) is 7.01. The van der Waals surface area contributed by atoms with Crippen molar-refractivity contribution < 1.29 is 0 Å². The van der Waals surface area contributed by atoms with Gasteiger partial charge in [0.25, 0.3) is 0 Å². The molecule has 2 heterocycles. The number of nitrogens with one attached hydrogen (secondary N) is 1. The highest BCUT2D eigenvalue weighted by Crippen LogP contribution is 2.16. The van der Waals surface area contributed by atoms with Gasteiger partial charge in [0.15, 0.2) is 0 Å². The van der Waals surface area contributed by atoms with E-state index in [0.29, 0.717) is 0 Å². The van der Waals surface area contributed by atoms with Gasteiger partial charge in [-0.05, 0) is 43.5 Å². The molecule has 0 unspecified atom stereocenters. The second-order valence-corrected chi connectivity index (χ2v) is 6.19. The maximum Gasteiger partial charge on any atom is 0.0746 e. The number of nitrogens with zero attached hydrogens (tertiary/aromatic N) is 2. The smallest absolute Gasteiger partial charge is 0.0746 e. The van der Waals surface area contributed by atoms with Gasteiger partial charge in [0.2, 0.25) is 0 Å². The van der Waals surface area contributed by atoms with E-state index >= 15 is 0 Å². The molecule has 1 aliphatic rings. The molecule has 0 saturated carbocycles. The molecule has 1 N–H and O–H groups in total. The lowest BCUT2D eigenvalue weighted by Gasteiger charge is -2.30. The van der Waals surface area contributed by atoms with E-state index in [4.69, 9.17) is 0 Å². The minimum absolute atomic E-state index is 0.901. The summed E-state index contributed by atoms with van der Waals surface area (Å²) in [5.41, 5.74) is 2.42. The molecular weight excluding hydrogens is 258 g/mol. The summed E-state index contributed by atoms with van der Waals surface area (Å²) in [5.74, 6) is 0.913. The summed E-state index contributed by atoms with van der Waals surface area (Å²) in [6, 6.07) is 10.5. The van der Waals surface area contributed by atoms with E-state index in [2.05, 4.69) is 46.4 Å². The molecule has 3 rings (SSSR count). The average Bonchev–Trinajstić information content (AvgIpc) is 2.53. The molecular formula is C18H25N3. The molecule has 1 fully saturated rings. The lowest BCUT2D eigenvalue weighted by Crippen LogP contribution is -2.37. The van der Waals surface area contributed by atoms with Gasteiger partial charge in [-0.25, -0.2) is 0 Å². The van der Waals surface area contributed by atoms with Gasteiger partial charge in [-0.1, -0.05) is 31.2 Å². The molecule has 0 amide bonds. The number of pyridine rings is 1. The summed E-state index contributed by atoms with van der Waals surface area (Å²) in [6.07, 6.45) is 4.58. The molecule has 3 nitrogen and oxygen atoms in total. The fourth-order valence-corrected chi connectivity index (χ4v) is 3.06. The third kappa shape index (κ3) is 3.80. The number of hydrogen-bond acceptors (Lipinski definition) is 3. The third-order valence-electron chi connectivity index (χ3n) is 4.51. The zero-order chi connectivity index (χ0) is 14.5. The van der Waals surface area contributed by atoms with Crippen LogP contribution in [0.2, 0.25) is 0 Å². The van der Waals surface area contributed by atoms with Crippen LogP contribution in [-0.2, 0) is 6.54 Å². The van der Waals surface area contributed by atoms with Crippen LogP contribution in [0.3, 0.4) is 0 Å². The van der Waals surface area contributed by atoms with Crippen molar-refractivity contribution in [3.63, 3.8) is 0 Å². The molecule has 0 bridgehead atoms. The number of fused-ring (bicyclic) bond motifs is 1. The molecule has 1 aliphatic heterocycles. The quantitative estimate of drug-likeness (QED) is 0.855. The number of likely N-dealkylation sites (tertiary alicyclic amines) is 1. The monoisotopic (exact) mass is 283 g/mol. The maximum absolute atomic E-state index is 4.51. The first-order valence-corrected chi connectivity index (χ1v) is 8.08. The number of para-hydroxylation sites is 1. The Bertz CT molecular complexity index is 568. The van der Waals surface area contributed by atoms with Crippen molar-refractivity contribution in [1.29, 1.82) is 0 Å². The van der Waals surface area contributed by atoms with Crippen molar-refractivity contribution in [3.05, 3.63) is 42.1 Å². The zero-order valence-electron chi connectivity index (χ0n) is 12.9. The van der Waals surface area contributed by atoms with Gasteiger partial charge >= 0.3 is 0 Å². The second-order valence-electron chi connectivity index (χ2n) is 6.19. The Labute approximate surface area is 127 Å². The summed E-state index contributed by atoms with van der Waals surface area (Å²) in [4.78, 5) is 7.09. The summed E-state index contributed by atoms with van der Waals surface area (Å²) >= 11 is 0. The van der Waals surface area contributed by atoms with Crippen molar-refractivity contribution in [3.8, 4) is 0 Å². The SMILES string of the molecule is CC1CCN(CCNCc2cccc3cccnc23)CC1. The predicted molar refractivity (Wildman–Crippen MR) is 88.3 cm³/mol. The van der Waals surface area contributed by atoms with Crippen LogP contribution in [0, 0.1) is 5.92 Å². The van der Waals surface area contributed by atoms with E-state index in [-0.39, 0.29) is 0 Å². The van der Waals surface area contributed by atoms with Gasteiger partial charge in [0.1, 0.15) is 0 Å². The number of aromatic nitrogens is 1.